The molecule has 1 heterocycles. The molecule has 0 radical (unpaired) electrons. The SMILES string of the molecule is CCCN1CCN(Cc2ccc(C(=O)Nc3ccc(Cl)cc3)cc2)CC1. The molecule has 1 fully saturated rings. The van der Waals surface area contributed by atoms with Crippen LogP contribution < -0.4 is 5.32 Å². The summed E-state index contributed by atoms with van der Waals surface area (Å²) >= 11 is 5.87. The Morgan fingerprint density at radius 3 is 2.19 bits per heavy atom. The van der Waals surface area contributed by atoms with Crippen molar-refractivity contribution in [3.63, 3.8) is 0 Å². The van der Waals surface area contributed by atoms with Crippen LogP contribution in [0.4, 0.5) is 5.69 Å². The molecule has 0 bridgehead atoms. The largest absolute Gasteiger partial charge is 0.322 e. The van der Waals surface area contributed by atoms with E-state index in [1.54, 1.807) is 24.3 Å². The van der Waals surface area contributed by atoms with Crippen molar-refractivity contribution in [1.29, 1.82) is 0 Å². The molecule has 0 aliphatic carbocycles. The molecule has 0 unspecified atom stereocenters. The van der Waals surface area contributed by atoms with Gasteiger partial charge in [-0.15, -0.1) is 0 Å². The van der Waals surface area contributed by atoms with Crippen LogP contribution >= 0.6 is 11.6 Å². The zero-order valence-electron chi connectivity index (χ0n) is 15.2. The van der Waals surface area contributed by atoms with Crippen LogP contribution in [0, 0.1) is 0 Å². The van der Waals surface area contributed by atoms with Gasteiger partial charge in [-0.05, 0) is 54.9 Å². The molecule has 1 saturated heterocycles. The Morgan fingerprint density at radius 2 is 1.58 bits per heavy atom. The molecule has 138 valence electrons. The van der Waals surface area contributed by atoms with Crippen molar-refractivity contribution in [2.45, 2.75) is 19.9 Å². The van der Waals surface area contributed by atoms with Crippen LogP contribution in [0.5, 0.6) is 0 Å². The molecule has 1 N–H and O–H groups in total. The van der Waals surface area contributed by atoms with Crippen LogP contribution in [-0.4, -0.2) is 48.4 Å². The van der Waals surface area contributed by atoms with Gasteiger partial charge >= 0.3 is 0 Å². The van der Waals surface area contributed by atoms with Crippen LogP contribution in [-0.2, 0) is 6.54 Å². The highest BCUT2D eigenvalue weighted by Gasteiger charge is 2.16. The lowest BCUT2D eigenvalue weighted by atomic mass is 10.1. The number of nitrogens with one attached hydrogen (secondary N) is 1. The predicted molar refractivity (Wildman–Crippen MR) is 108 cm³/mol. The average Bonchev–Trinajstić information content (AvgIpc) is 2.66. The first kappa shape index (κ1) is 18.9. The summed E-state index contributed by atoms with van der Waals surface area (Å²) in [4.78, 5) is 17.3. The Hall–Kier alpha value is -1.88. The Kier molecular flexibility index (Phi) is 6.67. The number of hydrogen-bond donors (Lipinski definition) is 1. The van der Waals surface area contributed by atoms with Crippen molar-refractivity contribution in [3.05, 3.63) is 64.7 Å². The first-order valence-electron chi connectivity index (χ1n) is 9.24. The van der Waals surface area contributed by atoms with E-state index in [9.17, 15) is 4.79 Å². The smallest absolute Gasteiger partial charge is 0.255 e. The number of benzene rings is 2. The normalized spacial score (nSPS) is 15.8. The van der Waals surface area contributed by atoms with Crippen LogP contribution in [0.15, 0.2) is 48.5 Å². The molecular weight excluding hydrogens is 346 g/mol. The van der Waals surface area contributed by atoms with Crippen molar-refractivity contribution in [1.82, 2.24) is 9.80 Å². The first-order valence-corrected chi connectivity index (χ1v) is 9.62. The van der Waals surface area contributed by atoms with Crippen molar-refractivity contribution < 1.29 is 4.79 Å². The van der Waals surface area contributed by atoms with Crippen LogP contribution in [0.2, 0.25) is 5.02 Å². The zero-order chi connectivity index (χ0) is 18.4. The second-order valence-electron chi connectivity index (χ2n) is 6.78. The number of rotatable bonds is 6. The maximum absolute atomic E-state index is 12.3. The maximum Gasteiger partial charge on any atom is 0.255 e. The third-order valence-electron chi connectivity index (χ3n) is 4.73. The molecule has 2 aromatic carbocycles. The van der Waals surface area contributed by atoms with Crippen LogP contribution in [0.1, 0.15) is 29.3 Å². The van der Waals surface area contributed by atoms with E-state index in [1.807, 2.05) is 12.1 Å². The summed E-state index contributed by atoms with van der Waals surface area (Å²) in [6.07, 6.45) is 1.22. The summed E-state index contributed by atoms with van der Waals surface area (Å²) in [5, 5.41) is 3.54. The Balaban J connectivity index is 1.51. The van der Waals surface area contributed by atoms with Gasteiger partial charge in [0.2, 0.25) is 0 Å². The van der Waals surface area contributed by atoms with E-state index in [4.69, 9.17) is 11.6 Å². The summed E-state index contributed by atoms with van der Waals surface area (Å²) in [6, 6.07) is 15.0. The number of amides is 1. The van der Waals surface area contributed by atoms with Crippen LogP contribution in [0.25, 0.3) is 0 Å². The topological polar surface area (TPSA) is 35.6 Å². The maximum atomic E-state index is 12.3. The van der Waals surface area contributed by atoms with Crippen molar-refractivity contribution in [3.8, 4) is 0 Å². The average molecular weight is 372 g/mol. The fourth-order valence-electron chi connectivity index (χ4n) is 3.24. The Bertz CT molecular complexity index is 707. The highest BCUT2D eigenvalue weighted by atomic mass is 35.5. The Morgan fingerprint density at radius 1 is 0.962 bits per heavy atom. The highest BCUT2D eigenvalue weighted by molar-refractivity contribution is 6.30. The van der Waals surface area contributed by atoms with E-state index in [0.29, 0.717) is 10.6 Å². The summed E-state index contributed by atoms with van der Waals surface area (Å²) in [5.74, 6) is -0.105. The zero-order valence-corrected chi connectivity index (χ0v) is 16.0. The molecule has 0 aromatic heterocycles. The molecule has 1 amide bonds. The van der Waals surface area contributed by atoms with Crippen molar-refractivity contribution in [2.75, 3.05) is 38.0 Å². The molecule has 1 aliphatic rings. The van der Waals surface area contributed by atoms with E-state index >= 15 is 0 Å². The van der Waals surface area contributed by atoms with E-state index in [2.05, 4.69) is 34.2 Å². The lowest BCUT2D eigenvalue weighted by molar-refractivity contribution is 0.102. The Labute approximate surface area is 160 Å². The molecular formula is C21H26ClN3O. The summed E-state index contributed by atoms with van der Waals surface area (Å²) in [6.45, 7) is 8.89. The minimum atomic E-state index is -0.105. The predicted octanol–water partition coefficient (Wildman–Crippen LogP) is 4.12. The molecule has 0 atom stereocenters. The number of hydrogen-bond acceptors (Lipinski definition) is 3. The quantitative estimate of drug-likeness (QED) is 0.829. The second-order valence-corrected chi connectivity index (χ2v) is 7.21. The lowest BCUT2D eigenvalue weighted by Gasteiger charge is -2.34. The van der Waals surface area contributed by atoms with E-state index in [1.165, 1.54) is 18.5 Å². The molecule has 5 heteroatoms. The third-order valence-corrected chi connectivity index (χ3v) is 4.98. The van der Waals surface area contributed by atoms with Gasteiger partial charge in [-0.3, -0.25) is 9.69 Å². The van der Waals surface area contributed by atoms with Gasteiger partial charge in [0, 0.05) is 49.0 Å². The van der Waals surface area contributed by atoms with Crippen LogP contribution in [0.3, 0.4) is 0 Å². The molecule has 26 heavy (non-hydrogen) atoms. The van der Waals surface area contributed by atoms with Gasteiger partial charge in [-0.2, -0.15) is 0 Å². The number of carbonyl (C=O) groups excluding carboxylic acids is 1. The molecule has 1 aliphatic heterocycles. The van der Waals surface area contributed by atoms with E-state index in [0.717, 1.165) is 38.4 Å². The fourth-order valence-corrected chi connectivity index (χ4v) is 3.37. The molecule has 3 rings (SSSR count). The van der Waals surface area contributed by atoms with Gasteiger partial charge in [0.1, 0.15) is 0 Å². The van der Waals surface area contributed by atoms with Crippen molar-refractivity contribution >= 4 is 23.2 Å². The van der Waals surface area contributed by atoms with Gasteiger partial charge in [-0.1, -0.05) is 30.7 Å². The van der Waals surface area contributed by atoms with E-state index in [-0.39, 0.29) is 5.91 Å². The monoisotopic (exact) mass is 371 g/mol. The second kappa shape index (κ2) is 9.17. The number of anilines is 1. The number of carbonyl (C=O) groups is 1. The van der Waals surface area contributed by atoms with E-state index < -0.39 is 0 Å². The van der Waals surface area contributed by atoms with Gasteiger partial charge in [0.05, 0.1) is 0 Å². The summed E-state index contributed by atoms with van der Waals surface area (Å²) < 4.78 is 0. The summed E-state index contributed by atoms with van der Waals surface area (Å²) in [7, 11) is 0. The lowest BCUT2D eigenvalue weighted by Crippen LogP contribution is -2.45. The van der Waals surface area contributed by atoms with Gasteiger partial charge in [0.15, 0.2) is 0 Å². The summed E-state index contributed by atoms with van der Waals surface area (Å²) in [5.41, 5.74) is 2.65. The highest BCUT2D eigenvalue weighted by Crippen LogP contribution is 2.15. The number of halogens is 1. The van der Waals surface area contributed by atoms with Crippen molar-refractivity contribution in [2.24, 2.45) is 0 Å². The number of piperazine rings is 1. The number of nitrogens with zero attached hydrogens (tertiary/aromatic N) is 2. The minimum absolute atomic E-state index is 0.105. The standard InChI is InChI=1S/C21H26ClN3O/c1-2-11-24-12-14-25(15-13-24)16-17-3-5-18(6-4-17)21(26)23-20-9-7-19(22)8-10-20/h3-10H,2,11-16H2,1H3,(H,23,26). The minimum Gasteiger partial charge on any atom is -0.322 e. The molecule has 4 nitrogen and oxygen atoms in total. The van der Waals surface area contributed by atoms with Gasteiger partial charge < -0.3 is 10.2 Å². The molecule has 2 aromatic rings. The van der Waals surface area contributed by atoms with Gasteiger partial charge in [0.25, 0.3) is 5.91 Å². The third kappa shape index (κ3) is 5.31. The first-order chi connectivity index (χ1) is 12.6. The molecule has 0 saturated carbocycles. The molecule has 0 spiro atoms. The fraction of sp³-hybridized carbons (Fsp3) is 0.381. The van der Waals surface area contributed by atoms with Gasteiger partial charge in [-0.25, -0.2) is 0 Å².